The van der Waals surface area contributed by atoms with E-state index in [9.17, 15) is 8.78 Å². The van der Waals surface area contributed by atoms with E-state index in [1.54, 1.807) is 6.07 Å². The van der Waals surface area contributed by atoms with E-state index in [1.165, 1.54) is 51.5 Å². The second kappa shape index (κ2) is 8.46. The number of rotatable bonds is 7. The molecule has 1 heterocycles. The van der Waals surface area contributed by atoms with E-state index >= 15 is 0 Å². The Morgan fingerprint density at radius 2 is 2.00 bits per heavy atom. The first kappa shape index (κ1) is 20.6. The number of alkyl halides is 2. The van der Waals surface area contributed by atoms with Gasteiger partial charge in [-0.05, 0) is 54.8 Å². The maximum absolute atomic E-state index is 13.3. The number of hydrogen-bond donors (Lipinski definition) is 0. The largest absolute Gasteiger partial charge is 0.433 e. The van der Waals surface area contributed by atoms with E-state index in [1.807, 2.05) is 12.1 Å². The molecule has 0 spiro atoms. The molecule has 1 saturated carbocycles. The van der Waals surface area contributed by atoms with Crippen LogP contribution in [0.15, 0.2) is 24.3 Å². The van der Waals surface area contributed by atoms with Crippen LogP contribution in [0.3, 0.4) is 0 Å². The van der Waals surface area contributed by atoms with Gasteiger partial charge in [-0.2, -0.15) is 8.78 Å². The Labute approximate surface area is 163 Å². The number of ether oxygens (including phenoxy) is 1. The number of halogens is 2. The molecule has 0 aromatic heterocycles. The van der Waals surface area contributed by atoms with Gasteiger partial charge in [0.25, 0.3) is 0 Å². The van der Waals surface area contributed by atoms with Gasteiger partial charge in [0.15, 0.2) is 0 Å². The monoisotopic (exact) mass is 379 g/mol. The predicted molar refractivity (Wildman–Crippen MR) is 106 cm³/mol. The summed E-state index contributed by atoms with van der Waals surface area (Å²) < 4.78 is 31.6. The van der Waals surface area contributed by atoms with Crippen LogP contribution in [0.4, 0.5) is 8.78 Å². The van der Waals surface area contributed by atoms with Crippen molar-refractivity contribution in [3.63, 3.8) is 0 Å². The molecule has 2 nitrogen and oxygen atoms in total. The summed E-state index contributed by atoms with van der Waals surface area (Å²) in [6.07, 6.45) is 5.68. The summed E-state index contributed by atoms with van der Waals surface area (Å²) in [5, 5.41) is 0. The molecule has 1 saturated heterocycles. The first-order valence-corrected chi connectivity index (χ1v) is 10.7. The van der Waals surface area contributed by atoms with Gasteiger partial charge in [-0.3, -0.25) is 0 Å². The third kappa shape index (κ3) is 5.43. The molecule has 0 amide bonds. The van der Waals surface area contributed by atoms with E-state index in [-0.39, 0.29) is 11.2 Å². The zero-order valence-corrected chi connectivity index (χ0v) is 17.1. The summed E-state index contributed by atoms with van der Waals surface area (Å²) in [6.45, 7) is 8.85. The fourth-order valence-corrected chi connectivity index (χ4v) is 5.11. The smallest absolute Gasteiger partial charge is 0.394 e. The van der Waals surface area contributed by atoms with Gasteiger partial charge in [-0.25, -0.2) is 0 Å². The van der Waals surface area contributed by atoms with E-state index < -0.39 is 6.11 Å². The molecule has 1 aromatic carbocycles. The van der Waals surface area contributed by atoms with Crippen LogP contribution in [0.2, 0.25) is 0 Å². The molecule has 152 valence electrons. The van der Waals surface area contributed by atoms with Crippen LogP contribution < -0.4 is 4.74 Å². The molecule has 1 aliphatic carbocycles. The van der Waals surface area contributed by atoms with Crippen LogP contribution >= 0.6 is 0 Å². The normalized spacial score (nSPS) is 24.7. The van der Waals surface area contributed by atoms with Crippen LogP contribution in [0, 0.1) is 11.3 Å². The van der Waals surface area contributed by atoms with Gasteiger partial charge in [0.1, 0.15) is 5.75 Å². The molecule has 2 aliphatic rings. The van der Waals surface area contributed by atoms with Crippen molar-refractivity contribution in [1.29, 1.82) is 0 Å². The third-order valence-electron chi connectivity index (χ3n) is 6.78. The van der Waals surface area contributed by atoms with Crippen LogP contribution in [0.5, 0.6) is 5.75 Å². The van der Waals surface area contributed by atoms with Gasteiger partial charge in [0.05, 0.1) is 0 Å². The Kier molecular flexibility index (Phi) is 6.45. The Balaban J connectivity index is 1.84. The Morgan fingerprint density at radius 1 is 1.26 bits per heavy atom. The number of nitrogens with zero attached hydrogens (tertiary/aromatic N) is 1. The first-order valence-electron chi connectivity index (χ1n) is 10.7. The van der Waals surface area contributed by atoms with Crippen molar-refractivity contribution in [2.45, 2.75) is 77.7 Å². The Hall–Kier alpha value is -1.16. The van der Waals surface area contributed by atoms with Crippen molar-refractivity contribution in [3.8, 4) is 5.75 Å². The first-order chi connectivity index (χ1) is 12.8. The average Bonchev–Trinajstić information content (AvgIpc) is 3.07. The van der Waals surface area contributed by atoms with Crippen molar-refractivity contribution in [2.75, 3.05) is 19.6 Å². The van der Waals surface area contributed by atoms with Crippen LogP contribution in [-0.4, -0.2) is 30.6 Å². The van der Waals surface area contributed by atoms with E-state index in [2.05, 4.69) is 24.8 Å². The highest BCUT2D eigenvalue weighted by molar-refractivity contribution is 5.33. The quantitative estimate of drug-likeness (QED) is 0.539. The number of benzene rings is 1. The minimum Gasteiger partial charge on any atom is -0.433 e. The lowest BCUT2D eigenvalue weighted by Gasteiger charge is -2.43. The van der Waals surface area contributed by atoms with Gasteiger partial charge in [0.2, 0.25) is 0 Å². The molecule has 2 atom stereocenters. The standard InChI is InChI=1S/C23H35F2NO/c1-4-18-11-14-26(16-18)17-21(22(2)12-6-5-7-13-22)19-9-8-10-20(15-19)27-23(3,24)25/h8-10,15,18,21H,4-7,11-14,16-17H2,1-3H3. The van der Waals surface area contributed by atoms with Gasteiger partial charge in [-0.15, -0.1) is 0 Å². The maximum Gasteiger partial charge on any atom is 0.394 e. The van der Waals surface area contributed by atoms with Crippen molar-refractivity contribution in [2.24, 2.45) is 11.3 Å². The van der Waals surface area contributed by atoms with Crippen molar-refractivity contribution < 1.29 is 13.5 Å². The predicted octanol–water partition coefficient (Wildman–Crippen LogP) is 6.46. The fourth-order valence-electron chi connectivity index (χ4n) is 5.11. The molecule has 2 fully saturated rings. The van der Waals surface area contributed by atoms with Crippen molar-refractivity contribution >= 4 is 0 Å². The highest BCUT2D eigenvalue weighted by Crippen LogP contribution is 2.48. The molecule has 27 heavy (non-hydrogen) atoms. The molecular weight excluding hydrogens is 344 g/mol. The lowest BCUT2D eigenvalue weighted by molar-refractivity contribution is -0.159. The zero-order chi connectivity index (χ0) is 19.5. The van der Waals surface area contributed by atoms with Gasteiger partial charge in [-0.1, -0.05) is 51.7 Å². The molecule has 0 bridgehead atoms. The molecule has 1 aromatic rings. The minimum atomic E-state index is -3.15. The van der Waals surface area contributed by atoms with Crippen LogP contribution in [-0.2, 0) is 0 Å². The van der Waals surface area contributed by atoms with Crippen LogP contribution in [0.25, 0.3) is 0 Å². The highest BCUT2D eigenvalue weighted by atomic mass is 19.3. The zero-order valence-electron chi connectivity index (χ0n) is 17.1. The van der Waals surface area contributed by atoms with Gasteiger partial charge < -0.3 is 9.64 Å². The molecule has 0 N–H and O–H groups in total. The van der Waals surface area contributed by atoms with Gasteiger partial charge >= 0.3 is 6.11 Å². The summed E-state index contributed by atoms with van der Waals surface area (Å²) in [5.74, 6) is 1.44. The summed E-state index contributed by atoms with van der Waals surface area (Å²) >= 11 is 0. The van der Waals surface area contributed by atoms with Crippen molar-refractivity contribution in [3.05, 3.63) is 29.8 Å². The Bertz CT molecular complexity index is 607. The molecule has 4 heteroatoms. The maximum atomic E-state index is 13.3. The van der Waals surface area contributed by atoms with Crippen LogP contribution in [0.1, 0.15) is 77.2 Å². The molecule has 3 rings (SSSR count). The summed E-state index contributed by atoms with van der Waals surface area (Å²) in [7, 11) is 0. The average molecular weight is 380 g/mol. The molecular formula is C23H35F2NO. The summed E-state index contributed by atoms with van der Waals surface area (Å²) in [6, 6.07) is 7.48. The van der Waals surface area contributed by atoms with Crippen molar-refractivity contribution in [1.82, 2.24) is 4.90 Å². The van der Waals surface area contributed by atoms with Gasteiger partial charge in [0, 0.05) is 25.9 Å². The lowest BCUT2D eigenvalue weighted by Crippen LogP contribution is -2.37. The molecule has 1 aliphatic heterocycles. The highest BCUT2D eigenvalue weighted by Gasteiger charge is 2.38. The number of hydrogen-bond acceptors (Lipinski definition) is 2. The minimum absolute atomic E-state index is 0.232. The lowest BCUT2D eigenvalue weighted by atomic mass is 9.65. The summed E-state index contributed by atoms with van der Waals surface area (Å²) in [4.78, 5) is 2.60. The fraction of sp³-hybridized carbons (Fsp3) is 0.739. The Morgan fingerprint density at radius 3 is 2.63 bits per heavy atom. The second-order valence-electron chi connectivity index (χ2n) is 9.07. The third-order valence-corrected chi connectivity index (χ3v) is 6.78. The van der Waals surface area contributed by atoms with E-state index in [4.69, 9.17) is 4.74 Å². The topological polar surface area (TPSA) is 12.5 Å². The summed E-state index contributed by atoms with van der Waals surface area (Å²) in [5.41, 5.74) is 1.39. The van der Waals surface area contributed by atoms with E-state index in [0.717, 1.165) is 31.5 Å². The molecule has 0 radical (unpaired) electrons. The second-order valence-corrected chi connectivity index (χ2v) is 9.07. The number of likely N-dealkylation sites (tertiary alicyclic amines) is 1. The SMILES string of the molecule is CCC1CCN(CC(c2cccc(OC(C)(F)F)c2)C2(C)CCCCC2)C1. The van der Waals surface area contributed by atoms with E-state index in [0.29, 0.717) is 5.92 Å². The molecule has 2 unspecified atom stereocenters.